The molecule has 2 amide bonds. The Balaban J connectivity index is 1.64. The van der Waals surface area contributed by atoms with E-state index in [1.807, 2.05) is 0 Å². The summed E-state index contributed by atoms with van der Waals surface area (Å²) in [6, 6.07) is 13.0. The molecule has 0 aliphatic carbocycles. The number of nitrogens with one attached hydrogen (secondary N) is 2. The van der Waals surface area contributed by atoms with Crippen LogP contribution < -0.4 is 14.9 Å². The summed E-state index contributed by atoms with van der Waals surface area (Å²) < 4.78 is 30.8. The first-order valence-electron chi connectivity index (χ1n) is 8.26. The fourth-order valence-electron chi connectivity index (χ4n) is 2.65. The third-order valence-electron chi connectivity index (χ3n) is 4.13. The van der Waals surface area contributed by atoms with E-state index in [1.54, 1.807) is 36.4 Å². The summed E-state index contributed by atoms with van der Waals surface area (Å²) >= 11 is 0. The lowest BCUT2D eigenvalue weighted by Crippen LogP contribution is -2.25. The van der Waals surface area contributed by atoms with Crippen molar-refractivity contribution in [3.63, 3.8) is 0 Å². The fourth-order valence-corrected chi connectivity index (χ4v) is 3.45. The van der Waals surface area contributed by atoms with Gasteiger partial charge < -0.3 is 10.1 Å². The summed E-state index contributed by atoms with van der Waals surface area (Å²) in [4.78, 5) is 25.5. The van der Waals surface area contributed by atoms with Crippen LogP contribution >= 0.6 is 0 Å². The minimum absolute atomic E-state index is 0.138. The van der Waals surface area contributed by atoms with E-state index in [1.165, 1.54) is 24.1 Å². The third-order valence-corrected chi connectivity index (χ3v) is 5.54. The van der Waals surface area contributed by atoms with E-state index in [2.05, 4.69) is 10.0 Å². The van der Waals surface area contributed by atoms with E-state index < -0.39 is 16.1 Å². The Kier molecular flexibility index (Phi) is 5.43. The van der Waals surface area contributed by atoms with Crippen LogP contribution in [0.1, 0.15) is 15.9 Å². The number of carbonyl (C=O) groups is 2. The van der Waals surface area contributed by atoms with Crippen LogP contribution in [0.4, 0.5) is 10.5 Å². The van der Waals surface area contributed by atoms with Gasteiger partial charge in [-0.25, -0.2) is 17.9 Å². The Morgan fingerprint density at radius 3 is 2.56 bits per heavy atom. The van der Waals surface area contributed by atoms with Crippen LogP contribution in [-0.2, 0) is 21.3 Å². The molecule has 2 aromatic carbocycles. The lowest BCUT2D eigenvalue weighted by Gasteiger charge is -2.13. The molecule has 1 aliphatic rings. The van der Waals surface area contributed by atoms with Crippen LogP contribution in [0.25, 0.3) is 0 Å². The largest absolute Gasteiger partial charge is 0.447 e. The number of nitrogens with zero attached hydrogens (tertiary/aromatic N) is 1. The van der Waals surface area contributed by atoms with Gasteiger partial charge in [0.1, 0.15) is 6.61 Å². The van der Waals surface area contributed by atoms with Crippen molar-refractivity contribution in [1.29, 1.82) is 0 Å². The van der Waals surface area contributed by atoms with Crippen molar-refractivity contribution in [1.82, 2.24) is 10.0 Å². The van der Waals surface area contributed by atoms with Crippen molar-refractivity contribution in [2.24, 2.45) is 0 Å². The van der Waals surface area contributed by atoms with Crippen molar-refractivity contribution in [3.05, 3.63) is 59.7 Å². The normalized spacial score (nSPS) is 14.1. The highest BCUT2D eigenvalue weighted by molar-refractivity contribution is 7.89. The van der Waals surface area contributed by atoms with E-state index >= 15 is 0 Å². The molecule has 1 fully saturated rings. The molecule has 0 atom stereocenters. The topological polar surface area (TPSA) is 105 Å². The quantitative estimate of drug-likeness (QED) is 0.779. The zero-order valence-electron chi connectivity index (χ0n) is 14.6. The van der Waals surface area contributed by atoms with E-state index in [4.69, 9.17) is 4.74 Å². The SMILES string of the molecule is CNS(=O)(=O)c1cccc(CNC(=O)c2ccc(N3CCOC3=O)cc2)c1. The second-order valence-electron chi connectivity index (χ2n) is 5.85. The number of benzene rings is 2. The Morgan fingerprint density at radius 1 is 1.19 bits per heavy atom. The molecule has 1 saturated heterocycles. The zero-order valence-corrected chi connectivity index (χ0v) is 15.5. The number of hydrogen-bond acceptors (Lipinski definition) is 5. The fraction of sp³-hybridized carbons (Fsp3) is 0.222. The van der Waals surface area contributed by atoms with Crippen molar-refractivity contribution in [3.8, 4) is 0 Å². The number of rotatable bonds is 6. The minimum Gasteiger partial charge on any atom is -0.447 e. The molecule has 27 heavy (non-hydrogen) atoms. The maximum atomic E-state index is 12.3. The molecule has 2 N–H and O–H groups in total. The molecule has 3 rings (SSSR count). The zero-order chi connectivity index (χ0) is 19.4. The van der Waals surface area contributed by atoms with Gasteiger partial charge in [0.25, 0.3) is 5.91 Å². The molecule has 2 aromatic rings. The van der Waals surface area contributed by atoms with Gasteiger partial charge in [0.15, 0.2) is 0 Å². The molecule has 0 unspecified atom stereocenters. The van der Waals surface area contributed by atoms with Crippen LogP contribution in [0.15, 0.2) is 53.4 Å². The number of amides is 2. The van der Waals surface area contributed by atoms with Gasteiger partial charge in [0.2, 0.25) is 10.0 Å². The maximum absolute atomic E-state index is 12.3. The van der Waals surface area contributed by atoms with Gasteiger partial charge in [-0.05, 0) is 49.0 Å². The second kappa shape index (κ2) is 7.77. The van der Waals surface area contributed by atoms with Gasteiger partial charge in [-0.2, -0.15) is 0 Å². The average Bonchev–Trinajstić information content (AvgIpc) is 3.12. The molecule has 1 heterocycles. The molecule has 0 bridgehead atoms. The number of carbonyl (C=O) groups excluding carboxylic acids is 2. The summed E-state index contributed by atoms with van der Waals surface area (Å²) in [5, 5.41) is 2.75. The van der Waals surface area contributed by atoms with Gasteiger partial charge >= 0.3 is 6.09 Å². The maximum Gasteiger partial charge on any atom is 0.414 e. The minimum atomic E-state index is -3.53. The highest BCUT2D eigenvalue weighted by Gasteiger charge is 2.23. The molecule has 0 radical (unpaired) electrons. The third kappa shape index (κ3) is 4.26. The standard InChI is InChI=1S/C18H19N3O5S/c1-19-27(24,25)16-4-2-3-13(11-16)12-20-17(22)14-5-7-15(8-6-14)21-9-10-26-18(21)23/h2-8,11,19H,9-10,12H2,1H3,(H,20,22). The monoisotopic (exact) mass is 389 g/mol. The molecule has 0 spiro atoms. The molecule has 142 valence electrons. The first-order valence-corrected chi connectivity index (χ1v) is 9.74. The van der Waals surface area contributed by atoms with Gasteiger partial charge in [0, 0.05) is 17.8 Å². The predicted octanol–water partition coefficient (Wildman–Crippen LogP) is 1.48. The molecule has 0 aromatic heterocycles. The van der Waals surface area contributed by atoms with Crippen LogP contribution in [0.3, 0.4) is 0 Å². The van der Waals surface area contributed by atoms with Crippen LogP contribution in [0.5, 0.6) is 0 Å². The smallest absolute Gasteiger partial charge is 0.414 e. The Morgan fingerprint density at radius 2 is 1.93 bits per heavy atom. The van der Waals surface area contributed by atoms with Gasteiger partial charge in [0.05, 0.1) is 11.4 Å². The number of hydrogen-bond donors (Lipinski definition) is 2. The summed E-state index contributed by atoms with van der Waals surface area (Å²) in [7, 11) is -2.19. The Hall–Kier alpha value is -2.91. The number of anilines is 1. The molecular weight excluding hydrogens is 370 g/mol. The molecule has 0 saturated carbocycles. The first kappa shape index (κ1) is 18.9. The van der Waals surface area contributed by atoms with Gasteiger partial charge in [-0.3, -0.25) is 9.69 Å². The highest BCUT2D eigenvalue weighted by atomic mass is 32.2. The summed E-state index contributed by atoms with van der Waals surface area (Å²) in [6.07, 6.45) is -0.399. The molecule has 1 aliphatic heterocycles. The molecule has 8 nitrogen and oxygen atoms in total. The van der Waals surface area contributed by atoms with Crippen molar-refractivity contribution < 1.29 is 22.7 Å². The lowest BCUT2D eigenvalue weighted by atomic mass is 10.1. The summed E-state index contributed by atoms with van der Waals surface area (Å²) in [6.45, 7) is 1.02. The first-order chi connectivity index (χ1) is 12.9. The predicted molar refractivity (Wildman–Crippen MR) is 99.0 cm³/mol. The summed E-state index contributed by atoms with van der Waals surface area (Å²) in [5.41, 5.74) is 1.76. The van der Waals surface area contributed by atoms with E-state index in [0.717, 1.165) is 0 Å². The Bertz CT molecular complexity index is 957. The van der Waals surface area contributed by atoms with Crippen molar-refractivity contribution >= 4 is 27.7 Å². The van der Waals surface area contributed by atoms with Crippen LogP contribution in [0, 0.1) is 0 Å². The highest BCUT2D eigenvalue weighted by Crippen LogP contribution is 2.19. The number of ether oxygens (including phenoxy) is 1. The second-order valence-corrected chi connectivity index (χ2v) is 7.74. The lowest BCUT2D eigenvalue weighted by molar-refractivity contribution is 0.0951. The van der Waals surface area contributed by atoms with E-state index in [-0.39, 0.29) is 17.3 Å². The van der Waals surface area contributed by atoms with Gasteiger partial charge in [-0.1, -0.05) is 12.1 Å². The van der Waals surface area contributed by atoms with Crippen molar-refractivity contribution in [2.45, 2.75) is 11.4 Å². The van der Waals surface area contributed by atoms with E-state index in [0.29, 0.717) is 30.0 Å². The van der Waals surface area contributed by atoms with Crippen LogP contribution in [0.2, 0.25) is 0 Å². The average molecular weight is 389 g/mol. The summed E-state index contributed by atoms with van der Waals surface area (Å²) in [5.74, 6) is -0.299. The van der Waals surface area contributed by atoms with E-state index in [9.17, 15) is 18.0 Å². The van der Waals surface area contributed by atoms with Crippen LogP contribution in [-0.4, -0.2) is 40.6 Å². The Labute approximate surface area is 157 Å². The van der Waals surface area contributed by atoms with Crippen molar-refractivity contribution in [2.75, 3.05) is 25.1 Å². The molecule has 9 heteroatoms. The molecular formula is C18H19N3O5S. The number of cyclic esters (lactones) is 1. The number of sulfonamides is 1. The van der Waals surface area contributed by atoms with Gasteiger partial charge in [-0.15, -0.1) is 0 Å².